The van der Waals surface area contributed by atoms with E-state index in [0.717, 1.165) is 37.6 Å². The van der Waals surface area contributed by atoms with Gasteiger partial charge in [0.1, 0.15) is 6.67 Å². The summed E-state index contributed by atoms with van der Waals surface area (Å²) in [6, 6.07) is 5.63. The first-order valence-electron chi connectivity index (χ1n) is 5.75. The standard InChI is InChI=1S/C12H18FN3/c1-10-3-2-4-11(15-10)12(9-13)16-7-5-14-6-8-16/h2-4,12,14H,5-9H2,1H3/t12-/m0/s1. The molecule has 0 radical (unpaired) electrons. The first-order chi connectivity index (χ1) is 7.81. The van der Waals surface area contributed by atoms with Crippen LogP contribution in [0.4, 0.5) is 4.39 Å². The second-order valence-electron chi connectivity index (χ2n) is 4.16. The molecule has 2 rings (SSSR count). The molecule has 0 saturated carbocycles. The van der Waals surface area contributed by atoms with E-state index in [9.17, 15) is 4.39 Å². The van der Waals surface area contributed by atoms with Crippen LogP contribution in [0.2, 0.25) is 0 Å². The van der Waals surface area contributed by atoms with E-state index in [4.69, 9.17) is 0 Å². The van der Waals surface area contributed by atoms with Gasteiger partial charge in [0.2, 0.25) is 0 Å². The summed E-state index contributed by atoms with van der Waals surface area (Å²) in [7, 11) is 0. The van der Waals surface area contributed by atoms with Crippen LogP contribution in [0.1, 0.15) is 17.4 Å². The second kappa shape index (κ2) is 5.37. The van der Waals surface area contributed by atoms with Crippen LogP contribution < -0.4 is 5.32 Å². The lowest BCUT2D eigenvalue weighted by Crippen LogP contribution is -2.45. The summed E-state index contributed by atoms with van der Waals surface area (Å²) >= 11 is 0. The van der Waals surface area contributed by atoms with E-state index in [1.165, 1.54) is 0 Å². The molecule has 1 fully saturated rings. The maximum Gasteiger partial charge on any atom is 0.111 e. The molecule has 88 valence electrons. The van der Waals surface area contributed by atoms with Gasteiger partial charge in [-0.1, -0.05) is 6.07 Å². The zero-order valence-corrected chi connectivity index (χ0v) is 9.62. The Bertz CT molecular complexity index is 337. The number of hydrogen-bond donors (Lipinski definition) is 1. The third kappa shape index (κ3) is 2.57. The molecule has 1 aliphatic rings. The van der Waals surface area contributed by atoms with Crippen molar-refractivity contribution in [1.82, 2.24) is 15.2 Å². The average molecular weight is 223 g/mol. The highest BCUT2D eigenvalue weighted by Gasteiger charge is 2.22. The molecule has 1 aromatic heterocycles. The minimum Gasteiger partial charge on any atom is -0.314 e. The van der Waals surface area contributed by atoms with E-state index in [0.29, 0.717) is 0 Å². The third-order valence-electron chi connectivity index (χ3n) is 2.99. The Hall–Kier alpha value is -1.00. The fourth-order valence-corrected chi connectivity index (χ4v) is 2.11. The zero-order valence-electron chi connectivity index (χ0n) is 9.62. The number of aryl methyl sites for hydroxylation is 1. The molecule has 3 nitrogen and oxygen atoms in total. The fourth-order valence-electron chi connectivity index (χ4n) is 2.11. The summed E-state index contributed by atoms with van der Waals surface area (Å²) in [5.41, 5.74) is 1.80. The number of hydrogen-bond acceptors (Lipinski definition) is 3. The Morgan fingerprint density at radius 3 is 2.81 bits per heavy atom. The van der Waals surface area contributed by atoms with Crippen molar-refractivity contribution in [2.24, 2.45) is 0 Å². The Labute approximate surface area is 95.7 Å². The predicted molar refractivity (Wildman–Crippen MR) is 62.1 cm³/mol. The van der Waals surface area contributed by atoms with Gasteiger partial charge in [0.25, 0.3) is 0 Å². The predicted octanol–water partition coefficient (Wildman–Crippen LogP) is 1.31. The van der Waals surface area contributed by atoms with Crippen molar-refractivity contribution in [3.63, 3.8) is 0 Å². The second-order valence-corrected chi connectivity index (χ2v) is 4.16. The van der Waals surface area contributed by atoms with Crippen LogP contribution in [-0.4, -0.2) is 42.7 Å². The summed E-state index contributed by atoms with van der Waals surface area (Å²) in [5, 5.41) is 3.27. The highest BCUT2D eigenvalue weighted by Crippen LogP contribution is 2.20. The lowest BCUT2D eigenvalue weighted by atomic mass is 10.1. The molecule has 1 saturated heterocycles. The molecule has 16 heavy (non-hydrogen) atoms. The number of nitrogens with one attached hydrogen (secondary N) is 1. The molecule has 0 unspecified atom stereocenters. The van der Waals surface area contributed by atoms with Crippen LogP contribution in [0.25, 0.3) is 0 Å². The monoisotopic (exact) mass is 223 g/mol. The maximum absolute atomic E-state index is 13.2. The third-order valence-corrected chi connectivity index (χ3v) is 2.99. The summed E-state index contributed by atoms with van der Waals surface area (Å²) in [6.45, 7) is 5.23. The van der Waals surface area contributed by atoms with Gasteiger partial charge in [0, 0.05) is 31.9 Å². The molecule has 1 aliphatic heterocycles. The first kappa shape index (κ1) is 11.5. The summed E-state index contributed by atoms with van der Waals surface area (Å²) < 4.78 is 13.2. The summed E-state index contributed by atoms with van der Waals surface area (Å²) in [6.07, 6.45) is 0. The van der Waals surface area contributed by atoms with Gasteiger partial charge in [-0.05, 0) is 19.1 Å². The fraction of sp³-hybridized carbons (Fsp3) is 0.583. The zero-order chi connectivity index (χ0) is 11.4. The Balaban J connectivity index is 2.14. The molecule has 1 atom stereocenters. The lowest BCUT2D eigenvalue weighted by Gasteiger charge is -2.33. The van der Waals surface area contributed by atoms with Gasteiger partial charge in [-0.25, -0.2) is 4.39 Å². The number of aromatic nitrogens is 1. The van der Waals surface area contributed by atoms with E-state index in [2.05, 4.69) is 15.2 Å². The van der Waals surface area contributed by atoms with Crippen LogP contribution in [0.3, 0.4) is 0 Å². The van der Waals surface area contributed by atoms with E-state index < -0.39 is 0 Å². The van der Waals surface area contributed by atoms with Crippen molar-refractivity contribution in [2.75, 3.05) is 32.9 Å². The van der Waals surface area contributed by atoms with E-state index >= 15 is 0 Å². The van der Waals surface area contributed by atoms with Crippen molar-refractivity contribution in [2.45, 2.75) is 13.0 Å². The minimum absolute atomic E-state index is 0.179. The summed E-state index contributed by atoms with van der Waals surface area (Å²) in [4.78, 5) is 6.58. The quantitative estimate of drug-likeness (QED) is 0.837. The van der Waals surface area contributed by atoms with Crippen LogP contribution in [0, 0.1) is 6.92 Å². The van der Waals surface area contributed by atoms with E-state index in [-0.39, 0.29) is 12.7 Å². The van der Waals surface area contributed by atoms with Crippen LogP contribution >= 0.6 is 0 Å². The number of rotatable bonds is 3. The van der Waals surface area contributed by atoms with Crippen molar-refractivity contribution in [1.29, 1.82) is 0 Å². The average Bonchev–Trinajstić information content (AvgIpc) is 2.31. The first-order valence-corrected chi connectivity index (χ1v) is 5.75. The van der Waals surface area contributed by atoms with Gasteiger partial charge >= 0.3 is 0 Å². The highest BCUT2D eigenvalue weighted by atomic mass is 19.1. The van der Waals surface area contributed by atoms with Crippen molar-refractivity contribution in [3.05, 3.63) is 29.6 Å². The SMILES string of the molecule is Cc1cccc([C@H](CF)N2CCNCC2)n1. The minimum atomic E-state index is -0.365. The van der Waals surface area contributed by atoms with E-state index in [1.54, 1.807) is 0 Å². The van der Waals surface area contributed by atoms with Crippen molar-refractivity contribution < 1.29 is 4.39 Å². The molecular weight excluding hydrogens is 205 g/mol. The molecule has 0 aliphatic carbocycles. The molecule has 0 aromatic carbocycles. The molecular formula is C12H18FN3. The largest absolute Gasteiger partial charge is 0.314 e. The topological polar surface area (TPSA) is 28.2 Å². The molecule has 1 aromatic rings. The van der Waals surface area contributed by atoms with Gasteiger partial charge in [0.15, 0.2) is 0 Å². The number of alkyl halides is 1. The van der Waals surface area contributed by atoms with Crippen LogP contribution in [0.5, 0.6) is 0 Å². The van der Waals surface area contributed by atoms with Gasteiger partial charge in [-0.2, -0.15) is 0 Å². The van der Waals surface area contributed by atoms with E-state index in [1.807, 2.05) is 25.1 Å². The van der Waals surface area contributed by atoms with Crippen LogP contribution in [0.15, 0.2) is 18.2 Å². The van der Waals surface area contributed by atoms with Crippen LogP contribution in [-0.2, 0) is 0 Å². The molecule has 1 N–H and O–H groups in total. The van der Waals surface area contributed by atoms with Gasteiger partial charge in [-0.3, -0.25) is 9.88 Å². The van der Waals surface area contributed by atoms with Crippen molar-refractivity contribution >= 4 is 0 Å². The Morgan fingerprint density at radius 1 is 1.44 bits per heavy atom. The summed E-state index contributed by atoms with van der Waals surface area (Å²) in [5.74, 6) is 0. The smallest absolute Gasteiger partial charge is 0.111 e. The normalized spacial score (nSPS) is 19.6. The highest BCUT2D eigenvalue weighted by molar-refractivity contribution is 5.14. The number of halogens is 1. The maximum atomic E-state index is 13.2. The number of piperazine rings is 1. The Kier molecular flexibility index (Phi) is 3.85. The molecule has 4 heteroatoms. The van der Waals surface area contributed by atoms with Gasteiger partial charge in [-0.15, -0.1) is 0 Å². The number of nitrogens with zero attached hydrogens (tertiary/aromatic N) is 2. The number of pyridine rings is 1. The van der Waals surface area contributed by atoms with Gasteiger partial charge < -0.3 is 5.32 Å². The molecule has 0 spiro atoms. The Morgan fingerprint density at radius 2 is 2.19 bits per heavy atom. The lowest BCUT2D eigenvalue weighted by molar-refractivity contribution is 0.144. The van der Waals surface area contributed by atoms with Crippen molar-refractivity contribution in [3.8, 4) is 0 Å². The molecule has 2 heterocycles. The molecule has 0 amide bonds. The van der Waals surface area contributed by atoms with Gasteiger partial charge in [0.05, 0.1) is 11.7 Å². The molecule has 0 bridgehead atoms.